The standard InChI is InChI=1S/C22H21Cl3F6N2O3/c1-20(2,3)36-19(35)32-9-11-5-4-10(6-13(11)23)17(34)33-16-14(24)7-12(8-15(16)25)21(28,18(26)27)22(29,30)31/h4-8,14,16,18H,9H2,1-3H3,(H,32,35)(H,33,34). The van der Waals surface area contributed by atoms with Gasteiger partial charge in [0.25, 0.3) is 18.0 Å². The van der Waals surface area contributed by atoms with E-state index in [1.165, 1.54) is 18.2 Å². The van der Waals surface area contributed by atoms with Gasteiger partial charge in [0.05, 0.1) is 11.4 Å². The predicted octanol–water partition coefficient (Wildman–Crippen LogP) is 6.67. The minimum Gasteiger partial charge on any atom is -0.444 e. The third-order valence-corrected chi connectivity index (χ3v) is 5.88. The number of amides is 2. The Bertz CT molecular complexity index is 1070. The van der Waals surface area contributed by atoms with E-state index in [0.29, 0.717) is 17.7 Å². The second-order valence-electron chi connectivity index (χ2n) is 8.72. The first kappa shape index (κ1) is 30.1. The molecule has 0 saturated heterocycles. The molecular formula is C22H21Cl3F6N2O3. The van der Waals surface area contributed by atoms with Crippen LogP contribution in [0.4, 0.5) is 31.1 Å². The van der Waals surface area contributed by atoms with Crippen molar-refractivity contribution in [1.29, 1.82) is 0 Å². The molecule has 2 rings (SSSR count). The highest BCUT2D eigenvalue weighted by Crippen LogP contribution is 2.47. The van der Waals surface area contributed by atoms with E-state index in [9.17, 15) is 35.9 Å². The van der Waals surface area contributed by atoms with Crippen molar-refractivity contribution in [2.45, 2.75) is 62.6 Å². The normalized spacial score (nSPS) is 20.2. The Labute approximate surface area is 217 Å². The van der Waals surface area contributed by atoms with Gasteiger partial charge in [0.15, 0.2) is 0 Å². The van der Waals surface area contributed by atoms with E-state index in [2.05, 4.69) is 10.6 Å². The summed E-state index contributed by atoms with van der Waals surface area (Å²) in [5.41, 5.74) is -6.74. The number of carbonyl (C=O) groups is 2. The molecule has 0 spiro atoms. The van der Waals surface area contributed by atoms with E-state index in [-0.39, 0.29) is 17.1 Å². The largest absolute Gasteiger partial charge is 0.444 e. The molecule has 36 heavy (non-hydrogen) atoms. The minimum absolute atomic E-state index is 0.00756. The summed E-state index contributed by atoms with van der Waals surface area (Å²) >= 11 is 18.0. The smallest absolute Gasteiger partial charge is 0.432 e. The lowest BCUT2D eigenvalue weighted by molar-refractivity contribution is -0.250. The first-order valence-corrected chi connectivity index (χ1v) is 11.4. The molecule has 1 aliphatic carbocycles. The molecule has 0 aliphatic heterocycles. The summed E-state index contributed by atoms with van der Waals surface area (Å²) in [6, 6.07) is 2.69. The Kier molecular flexibility index (Phi) is 9.29. The molecule has 0 heterocycles. The monoisotopic (exact) mass is 580 g/mol. The highest BCUT2D eigenvalue weighted by molar-refractivity contribution is 6.33. The number of hydrogen-bond donors (Lipinski definition) is 2. The number of alkyl carbamates (subject to hydrolysis) is 1. The van der Waals surface area contributed by atoms with Crippen LogP contribution < -0.4 is 10.6 Å². The Morgan fingerprint density at radius 3 is 2.19 bits per heavy atom. The molecule has 0 fully saturated rings. The maximum atomic E-state index is 14.3. The van der Waals surface area contributed by atoms with Crippen molar-refractivity contribution in [3.05, 3.63) is 57.1 Å². The fraction of sp³-hybridized carbons (Fsp3) is 0.455. The molecule has 0 aromatic heterocycles. The van der Waals surface area contributed by atoms with Gasteiger partial charge in [-0.3, -0.25) is 4.79 Å². The summed E-state index contributed by atoms with van der Waals surface area (Å²) in [4.78, 5) is 24.4. The molecular weight excluding hydrogens is 561 g/mol. The summed E-state index contributed by atoms with van der Waals surface area (Å²) in [6.45, 7) is 5.04. The number of hydrogen-bond acceptors (Lipinski definition) is 3. The van der Waals surface area contributed by atoms with Gasteiger partial charge in [-0.1, -0.05) is 35.3 Å². The number of carbonyl (C=O) groups excluding carboxylic acids is 2. The van der Waals surface area contributed by atoms with E-state index in [0.717, 1.165) is 0 Å². The van der Waals surface area contributed by atoms with E-state index >= 15 is 0 Å². The van der Waals surface area contributed by atoms with Crippen LogP contribution in [-0.4, -0.2) is 47.3 Å². The average molecular weight is 582 g/mol. The maximum Gasteiger partial charge on any atom is 0.432 e. The minimum atomic E-state index is -5.94. The summed E-state index contributed by atoms with van der Waals surface area (Å²) in [6.07, 6.45) is -10.3. The van der Waals surface area contributed by atoms with Crippen LogP contribution in [0.1, 0.15) is 36.7 Å². The third-order valence-electron chi connectivity index (χ3n) is 4.80. The Morgan fingerprint density at radius 2 is 1.72 bits per heavy atom. The van der Waals surface area contributed by atoms with Crippen molar-refractivity contribution >= 4 is 46.8 Å². The summed E-state index contributed by atoms with van der Waals surface area (Å²) in [7, 11) is 0. The molecule has 1 aromatic carbocycles. The fourth-order valence-corrected chi connectivity index (χ4v) is 3.99. The van der Waals surface area contributed by atoms with Gasteiger partial charge in [-0.25, -0.2) is 18.0 Å². The van der Waals surface area contributed by atoms with Crippen molar-refractivity contribution < 1.29 is 40.7 Å². The Balaban J connectivity index is 2.14. The van der Waals surface area contributed by atoms with Crippen LogP contribution in [0.2, 0.25) is 5.02 Å². The van der Waals surface area contributed by atoms with Gasteiger partial charge in [-0.15, -0.1) is 11.6 Å². The molecule has 3 unspecified atom stereocenters. The number of allylic oxidation sites excluding steroid dienone is 2. The molecule has 3 atom stereocenters. The van der Waals surface area contributed by atoms with Crippen molar-refractivity contribution in [3.8, 4) is 0 Å². The molecule has 2 N–H and O–H groups in total. The van der Waals surface area contributed by atoms with Crippen LogP contribution >= 0.6 is 34.8 Å². The number of ether oxygens (including phenoxy) is 1. The number of benzene rings is 1. The summed E-state index contributed by atoms with van der Waals surface area (Å²) in [5.74, 6) is -0.807. The van der Waals surface area contributed by atoms with Gasteiger partial charge >= 0.3 is 12.3 Å². The van der Waals surface area contributed by atoms with Gasteiger partial charge < -0.3 is 15.4 Å². The SMILES string of the molecule is CC(C)(C)OC(=O)NCc1ccc(C(=O)NC2C(Cl)=CC(C(F)(C(F)F)C(F)(F)F)=CC2Cl)cc1Cl. The zero-order valence-corrected chi connectivity index (χ0v) is 21.2. The fourth-order valence-electron chi connectivity index (χ4n) is 3.03. The van der Waals surface area contributed by atoms with E-state index < -0.39 is 57.9 Å². The number of halogens is 9. The average Bonchev–Trinajstić information content (AvgIpc) is 2.72. The molecule has 0 radical (unpaired) electrons. The van der Waals surface area contributed by atoms with Crippen LogP contribution in [0.25, 0.3) is 0 Å². The van der Waals surface area contributed by atoms with Crippen molar-refractivity contribution in [3.63, 3.8) is 0 Å². The van der Waals surface area contributed by atoms with Crippen molar-refractivity contribution in [2.24, 2.45) is 0 Å². The zero-order chi connectivity index (χ0) is 27.6. The lowest BCUT2D eigenvalue weighted by atomic mass is 9.89. The Hall–Kier alpha value is -2.11. The van der Waals surface area contributed by atoms with Crippen LogP contribution in [0.15, 0.2) is 41.0 Å². The first-order valence-electron chi connectivity index (χ1n) is 10.2. The summed E-state index contributed by atoms with van der Waals surface area (Å²) in [5, 5.41) is 2.77. The van der Waals surface area contributed by atoms with Gasteiger partial charge in [-0.2, -0.15) is 13.2 Å². The lowest BCUT2D eigenvalue weighted by Gasteiger charge is -2.33. The highest BCUT2D eigenvalue weighted by atomic mass is 35.5. The van der Waals surface area contributed by atoms with Gasteiger partial charge in [0.1, 0.15) is 5.60 Å². The first-order chi connectivity index (χ1) is 16.4. The second kappa shape index (κ2) is 11.1. The van der Waals surface area contributed by atoms with Gasteiger partial charge in [0, 0.05) is 27.7 Å². The molecule has 2 amide bonds. The predicted molar refractivity (Wildman–Crippen MR) is 123 cm³/mol. The second-order valence-corrected chi connectivity index (χ2v) is 10.1. The highest BCUT2D eigenvalue weighted by Gasteiger charge is 2.65. The number of alkyl halides is 7. The molecule has 1 aliphatic rings. The van der Waals surface area contributed by atoms with Crippen LogP contribution in [0.5, 0.6) is 0 Å². The van der Waals surface area contributed by atoms with Gasteiger partial charge in [0.2, 0.25) is 0 Å². The molecule has 14 heteroatoms. The number of rotatable bonds is 6. The van der Waals surface area contributed by atoms with E-state index in [1.807, 2.05) is 0 Å². The van der Waals surface area contributed by atoms with Gasteiger partial charge in [-0.05, 0) is 44.5 Å². The van der Waals surface area contributed by atoms with Crippen LogP contribution in [0, 0.1) is 0 Å². The van der Waals surface area contributed by atoms with E-state index in [4.69, 9.17) is 39.5 Å². The maximum absolute atomic E-state index is 14.3. The Morgan fingerprint density at radius 1 is 1.11 bits per heavy atom. The zero-order valence-electron chi connectivity index (χ0n) is 19.0. The molecule has 0 saturated carbocycles. The summed E-state index contributed by atoms with van der Waals surface area (Å²) < 4.78 is 84.6. The molecule has 0 bridgehead atoms. The van der Waals surface area contributed by atoms with E-state index in [1.54, 1.807) is 20.8 Å². The molecule has 1 aromatic rings. The number of nitrogens with one attached hydrogen (secondary N) is 2. The lowest BCUT2D eigenvalue weighted by Crippen LogP contribution is -2.51. The topological polar surface area (TPSA) is 67.4 Å². The molecule has 200 valence electrons. The molecule has 5 nitrogen and oxygen atoms in total. The van der Waals surface area contributed by atoms with Crippen LogP contribution in [-0.2, 0) is 11.3 Å². The third kappa shape index (κ3) is 7.01. The van der Waals surface area contributed by atoms with Crippen molar-refractivity contribution in [2.75, 3.05) is 0 Å². The van der Waals surface area contributed by atoms with Crippen molar-refractivity contribution in [1.82, 2.24) is 10.6 Å². The van der Waals surface area contributed by atoms with Crippen LogP contribution in [0.3, 0.4) is 0 Å². The quantitative estimate of drug-likeness (QED) is 0.291.